The lowest BCUT2D eigenvalue weighted by atomic mass is 10.2. The molecule has 114 valence electrons. The first-order valence-electron chi connectivity index (χ1n) is 6.56. The molecule has 0 aliphatic rings. The van der Waals surface area contributed by atoms with E-state index in [1.54, 1.807) is 25.2 Å². The minimum absolute atomic E-state index is 0.131. The first-order chi connectivity index (χ1) is 10.5. The molecule has 1 heterocycles. The first-order valence-corrected chi connectivity index (χ1v) is 6.56. The molecule has 1 amide bonds. The van der Waals surface area contributed by atoms with Gasteiger partial charge in [-0.3, -0.25) is 9.78 Å². The Balaban J connectivity index is 2.10. The van der Waals surface area contributed by atoms with E-state index in [1.807, 2.05) is 0 Å². The number of benzene rings is 1. The number of halogens is 1. The molecule has 0 bridgehead atoms. The molecule has 0 aliphatic heterocycles. The van der Waals surface area contributed by atoms with Gasteiger partial charge in [-0.15, -0.1) is 0 Å². The highest BCUT2D eigenvalue weighted by atomic mass is 19.1. The molecule has 2 aromatic rings. The Kier molecular flexibility index (Phi) is 4.83. The van der Waals surface area contributed by atoms with Gasteiger partial charge in [-0.05, 0) is 18.2 Å². The Labute approximate surface area is 127 Å². The largest absolute Gasteiger partial charge is 0.465 e. The van der Waals surface area contributed by atoms with Crippen LogP contribution in [0.1, 0.15) is 26.4 Å². The number of methoxy groups -OCH3 is 1. The quantitative estimate of drug-likeness (QED) is 0.813. The zero-order valence-electron chi connectivity index (χ0n) is 12.2. The predicted molar refractivity (Wildman–Crippen MR) is 77.8 cm³/mol. The number of hydrogen-bond acceptors (Lipinski definition) is 4. The maximum Gasteiger partial charge on any atom is 0.339 e. The van der Waals surface area contributed by atoms with E-state index in [1.165, 1.54) is 36.4 Å². The lowest BCUT2D eigenvalue weighted by molar-refractivity contribution is 0.0599. The number of rotatable bonds is 4. The number of ether oxygens (including phenoxy) is 1. The van der Waals surface area contributed by atoms with Crippen LogP contribution in [0.2, 0.25) is 0 Å². The minimum atomic E-state index is -0.522. The summed E-state index contributed by atoms with van der Waals surface area (Å²) in [6.07, 6.45) is 1.27. The summed E-state index contributed by atoms with van der Waals surface area (Å²) in [5, 5.41) is 0. The number of nitrogens with zero attached hydrogens (tertiary/aromatic N) is 2. The van der Waals surface area contributed by atoms with Crippen molar-refractivity contribution < 1.29 is 18.7 Å². The van der Waals surface area contributed by atoms with Gasteiger partial charge in [0.15, 0.2) is 0 Å². The fraction of sp³-hybridized carbons (Fsp3) is 0.188. The predicted octanol–water partition coefficient (Wildman–Crippen LogP) is 2.28. The smallest absolute Gasteiger partial charge is 0.339 e. The number of aromatic nitrogens is 1. The molecule has 0 N–H and O–H groups in total. The van der Waals surface area contributed by atoms with E-state index in [0.717, 1.165) is 0 Å². The lowest BCUT2D eigenvalue weighted by Crippen LogP contribution is -2.27. The maximum atomic E-state index is 13.6. The van der Waals surface area contributed by atoms with Gasteiger partial charge in [0, 0.05) is 25.4 Å². The molecule has 1 aromatic carbocycles. The van der Waals surface area contributed by atoms with E-state index in [0.29, 0.717) is 5.56 Å². The maximum absolute atomic E-state index is 13.6. The summed E-state index contributed by atoms with van der Waals surface area (Å²) in [6, 6.07) is 9.16. The Morgan fingerprint density at radius 3 is 2.55 bits per heavy atom. The van der Waals surface area contributed by atoms with Crippen LogP contribution in [0.5, 0.6) is 0 Å². The van der Waals surface area contributed by atoms with Gasteiger partial charge >= 0.3 is 5.97 Å². The van der Waals surface area contributed by atoms with E-state index in [-0.39, 0.29) is 29.5 Å². The third kappa shape index (κ3) is 3.46. The van der Waals surface area contributed by atoms with Crippen molar-refractivity contribution >= 4 is 11.9 Å². The highest BCUT2D eigenvalue weighted by Gasteiger charge is 2.16. The Bertz CT molecular complexity index is 686. The molecule has 2 rings (SSSR count). The molecular weight excluding hydrogens is 287 g/mol. The minimum Gasteiger partial charge on any atom is -0.465 e. The fourth-order valence-corrected chi connectivity index (χ4v) is 1.91. The third-order valence-corrected chi connectivity index (χ3v) is 3.12. The third-order valence-electron chi connectivity index (χ3n) is 3.12. The summed E-state index contributed by atoms with van der Waals surface area (Å²) < 4.78 is 18.2. The van der Waals surface area contributed by atoms with Crippen molar-refractivity contribution in [2.24, 2.45) is 0 Å². The van der Waals surface area contributed by atoms with Crippen molar-refractivity contribution in [3.8, 4) is 0 Å². The molecule has 0 unspecified atom stereocenters. The second-order valence-electron chi connectivity index (χ2n) is 4.68. The van der Waals surface area contributed by atoms with Gasteiger partial charge in [0.25, 0.3) is 5.91 Å². The highest BCUT2D eigenvalue weighted by molar-refractivity contribution is 5.94. The lowest BCUT2D eigenvalue weighted by Gasteiger charge is -2.17. The molecule has 0 radical (unpaired) electrons. The second-order valence-corrected chi connectivity index (χ2v) is 4.68. The highest BCUT2D eigenvalue weighted by Crippen LogP contribution is 2.11. The van der Waals surface area contributed by atoms with Gasteiger partial charge in [-0.25, -0.2) is 9.18 Å². The zero-order valence-corrected chi connectivity index (χ0v) is 12.2. The monoisotopic (exact) mass is 302 g/mol. The number of carbonyl (C=O) groups is 2. The topological polar surface area (TPSA) is 59.5 Å². The number of amides is 1. The zero-order chi connectivity index (χ0) is 16.1. The molecule has 5 nitrogen and oxygen atoms in total. The van der Waals surface area contributed by atoms with Crippen LogP contribution in [0.3, 0.4) is 0 Å². The summed E-state index contributed by atoms with van der Waals surface area (Å²) in [6.45, 7) is 0.131. The van der Waals surface area contributed by atoms with Crippen molar-refractivity contribution in [2.75, 3.05) is 14.2 Å². The van der Waals surface area contributed by atoms with Crippen molar-refractivity contribution in [1.82, 2.24) is 9.88 Å². The summed E-state index contributed by atoms with van der Waals surface area (Å²) in [5.41, 5.74) is 0.854. The Morgan fingerprint density at radius 2 is 1.95 bits per heavy atom. The summed E-state index contributed by atoms with van der Waals surface area (Å²) in [7, 11) is 2.83. The Hall–Kier alpha value is -2.76. The van der Waals surface area contributed by atoms with Crippen LogP contribution in [0, 0.1) is 5.82 Å². The molecule has 0 spiro atoms. The number of pyridine rings is 1. The van der Waals surface area contributed by atoms with Gasteiger partial charge in [-0.2, -0.15) is 0 Å². The molecule has 0 aliphatic carbocycles. The van der Waals surface area contributed by atoms with Gasteiger partial charge < -0.3 is 9.64 Å². The van der Waals surface area contributed by atoms with Crippen LogP contribution in [0.4, 0.5) is 4.39 Å². The molecule has 22 heavy (non-hydrogen) atoms. The van der Waals surface area contributed by atoms with Crippen LogP contribution in [0.25, 0.3) is 0 Å². The van der Waals surface area contributed by atoms with Crippen LogP contribution < -0.4 is 0 Å². The van der Waals surface area contributed by atoms with Gasteiger partial charge in [0.05, 0.1) is 12.7 Å². The van der Waals surface area contributed by atoms with Crippen molar-refractivity contribution in [2.45, 2.75) is 6.54 Å². The summed E-state index contributed by atoms with van der Waals surface area (Å²) in [4.78, 5) is 28.9. The number of esters is 1. The molecule has 6 heteroatoms. The SMILES string of the molecule is COC(=O)c1ccc(C(=O)N(C)Cc2ccccc2F)nc1. The summed E-state index contributed by atoms with van der Waals surface area (Å²) >= 11 is 0. The molecule has 0 saturated carbocycles. The number of carbonyl (C=O) groups excluding carboxylic acids is 2. The van der Waals surface area contributed by atoms with E-state index >= 15 is 0 Å². The average molecular weight is 302 g/mol. The molecule has 0 fully saturated rings. The van der Waals surface area contributed by atoms with E-state index in [4.69, 9.17) is 0 Å². The van der Waals surface area contributed by atoms with Gasteiger partial charge in [0.1, 0.15) is 11.5 Å². The van der Waals surface area contributed by atoms with Crippen LogP contribution in [-0.4, -0.2) is 35.9 Å². The molecule has 0 atom stereocenters. The van der Waals surface area contributed by atoms with Crippen LogP contribution in [-0.2, 0) is 11.3 Å². The molecule has 1 aromatic heterocycles. The standard InChI is InChI=1S/C16H15FN2O3/c1-19(10-12-5-3-4-6-13(12)17)15(20)14-8-7-11(9-18-14)16(21)22-2/h3-9H,10H2,1-2H3. The van der Waals surface area contributed by atoms with Gasteiger partial charge in [-0.1, -0.05) is 18.2 Å². The van der Waals surface area contributed by atoms with Crippen molar-refractivity contribution in [1.29, 1.82) is 0 Å². The van der Waals surface area contributed by atoms with E-state index in [9.17, 15) is 14.0 Å². The van der Waals surface area contributed by atoms with Crippen molar-refractivity contribution in [3.63, 3.8) is 0 Å². The average Bonchev–Trinajstić information content (AvgIpc) is 2.55. The van der Waals surface area contributed by atoms with E-state index < -0.39 is 5.97 Å². The molecule has 0 saturated heterocycles. The molecular formula is C16H15FN2O3. The van der Waals surface area contributed by atoms with Crippen LogP contribution >= 0.6 is 0 Å². The second kappa shape index (κ2) is 6.80. The normalized spacial score (nSPS) is 10.1. The summed E-state index contributed by atoms with van der Waals surface area (Å²) in [5.74, 6) is -1.25. The fourth-order valence-electron chi connectivity index (χ4n) is 1.91. The van der Waals surface area contributed by atoms with Crippen LogP contribution in [0.15, 0.2) is 42.6 Å². The number of hydrogen-bond donors (Lipinski definition) is 0. The van der Waals surface area contributed by atoms with Crippen molar-refractivity contribution in [3.05, 3.63) is 65.2 Å². The van der Waals surface area contributed by atoms with E-state index in [2.05, 4.69) is 9.72 Å². The first kappa shape index (κ1) is 15.6. The Morgan fingerprint density at radius 1 is 1.23 bits per heavy atom. The van der Waals surface area contributed by atoms with Gasteiger partial charge in [0.2, 0.25) is 0 Å².